The van der Waals surface area contributed by atoms with Gasteiger partial charge in [-0.15, -0.1) is 0 Å². The molecule has 0 heterocycles. The third-order valence-electron chi connectivity index (χ3n) is 3.27. The molecule has 0 aliphatic rings. The van der Waals surface area contributed by atoms with Gasteiger partial charge in [0.2, 0.25) is 5.91 Å². The van der Waals surface area contributed by atoms with Gasteiger partial charge in [0.1, 0.15) is 11.5 Å². The van der Waals surface area contributed by atoms with Crippen LogP contribution in [0.25, 0.3) is 0 Å². The Morgan fingerprint density at radius 1 is 1.08 bits per heavy atom. The molecule has 2 N–H and O–H groups in total. The van der Waals surface area contributed by atoms with Gasteiger partial charge in [-0.25, -0.2) is 0 Å². The Morgan fingerprint density at radius 3 is 2.48 bits per heavy atom. The fourth-order valence-corrected chi connectivity index (χ4v) is 2.16. The molecule has 0 atom stereocenters. The van der Waals surface area contributed by atoms with E-state index in [0.29, 0.717) is 22.2 Å². The molecule has 132 valence electrons. The van der Waals surface area contributed by atoms with Crippen molar-refractivity contribution in [2.75, 3.05) is 25.6 Å². The third-order valence-corrected chi connectivity index (χ3v) is 3.51. The Balaban J connectivity index is 1.78. The SMILES string of the molecule is COc1ccc(Cl)cc1NC(=O)CNC(=O)COc1ccc(C)cc1. The number of halogens is 1. The van der Waals surface area contributed by atoms with Crippen LogP contribution in [0, 0.1) is 6.92 Å². The minimum Gasteiger partial charge on any atom is -0.495 e. The van der Waals surface area contributed by atoms with Gasteiger partial charge in [0.15, 0.2) is 6.61 Å². The van der Waals surface area contributed by atoms with E-state index in [-0.39, 0.29) is 13.2 Å². The second kappa shape index (κ2) is 8.94. The van der Waals surface area contributed by atoms with Gasteiger partial charge in [0, 0.05) is 5.02 Å². The molecule has 0 aromatic heterocycles. The summed E-state index contributed by atoms with van der Waals surface area (Å²) in [6.07, 6.45) is 0. The molecule has 6 nitrogen and oxygen atoms in total. The van der Waals surface area contributed by atoms with Crippen molar-refractivity contribution in [2.45, 2.75) is 6.92 Å². The van der Waals surface area contributed by atoms with Crippen LogP contribution in [-0.4, -0.2) is 32.1 Å². The largest absolute Gasteiger partial charge is 0.495 e. The highest BCUT2D eigenvalue weighted by Gasteiger charge is 2.10. The number of hydrogen-bond donors (Lipinski definition) is 2. The van der Waals surface area contributed by atoms with E-state index in [1.807, 2.05) is 19.1 Å². The van der Waals surface area contributed by atoms with Gasteiger partial charge in [-0.2, -0.15) is 0 Å². The van der Waals surface area contributed by atoms with Crippen LogP contribution in [0.5, 0.6) is 11.5 Å². The van der Waals surface area contributed by atoms with E-state index in [1.54, 1.807) is 30.3 Å². The molecule has 2 amide bonds. The maximum atomic E-state index is 11.9. The highest BCUT2D eigenvalue weighted by atomic mass is 35.5. The number of amides is 2. The van der Waals surface area contributed by atoms with Gasteiger partial charge in [-0.05, 0) is 37.3 Å². The predicted octanol–water partition coefficient (Wildman–Crippen LogP) is 2.79. The Hall–Kier alpha value is -2.73. The van der Waals surface area contributed by atoms with Crippen LogP contribution in [0.4, 0.5) is 5.69 Å². The zero-order valence-corrected chi connectivity index (χ0v) is 14.7. The van der Waals surface area contributed by atoms with Gasteiger partial charge in [-0.1, -0.05) is 29.3 Å². The molecule has 0 saturated heterocycles. The van der Waals surface area contributed by atoms with Crippen LogP contribution >= 0.6 is 11.6 Å². The molecule has 0 bridgehead atoms. The number of benzene rings is 2. The molecular formula is C18H19ClN2O4. The van der Waals surface area contributed by atoms with Gasteiger partial charge < -0.3 is 20.1 Å². The van der Waals surface area contributed by atoms with Crippen molar-refractivity contribution in [3.63, 3.8) is 0 Å². The number of anilines is 1. The normalized spacial score (nSPS) is 10.0. The number of methoxy groups -OCH3 is 1. The van der Waals surface area contributed by atoms with Crippen LogP contribution in [0.3, 0.4) is 0 Å². The van der Waals surface area contributed by atoms with E-state index in [1.165, 1.54) is 7.11 Å². The highest BCUT2D eigenvalue weighted by Crippen LogP contribution is 2.27. The van der Waals surface area contributed by atoms with Crippen molar-refractivity contribution >= 4 is 29.1 Å². The molecule has 2 aromatic carbocycles. The van der Waals surface area contributed by atoms with Crippen molar-refractivity contribution in [3.05, 3.63) is 53.1 Å². The molecule has 2 rings (SSSR count). The Labute approximate surface area is 151 Å². The van der Waals surface area contributed by atoms with E-state index in [9.17, 15) is 9.59 Å². The molecule has 0 spiro atoms. The zero-order chi connectivity index (χ0) is 18.2. The van der Waals surface area contributed by atoms with E-state index in [0.717, 1.165) is 5.56 Å². The summed E-state index contributed by atoms with van der Waals surface area (Å²) in [5, 5.41) is 5.58. The molecule has 0 aliphatic carbocycles. The molecular weight excluding hydrogens is 344 g/mol. The number of rotatable bonds is 7. The maximum Gasteiger partial charge on any atom is 0.258 e. The standard InChI is InChI=1S/C18H19ClN2O4/c1-12-3-6-14(7-4-12)25-11-18(23)20-10-17(22)21-15-9-13(19)5-8-16(15)24-2/h3-9H,10-11H2,1-2H3,(H,20,23)(H,21,22). The fraction of sp³-hybridized carbons (Fsp3) is 0.222. The van der Waals surface area contributed by atoms with Crippen molar-refractivity contribution in [3.8, 4) is 11.5 Å². The first-order valence-electron chi connectivity index (χ1n) is 7.57. The summed E-state index contributed by atoms with van der Waals surface area (Å²) in [5.41, 5.74) is 1.54. The second-order valence-electron chi connectivity index (χ2n) is 5.27. The van der Waals surface area contributed by atoms with Crippen molar-refractivity contribution in [1.29, 1.82) is 0 Å². The molecule has 25 heavy (non-hydrogen) atoms. The number of carbonyl (C=O) groups is 2. The maximum absolute atomic E-state index is 11.9. The van der Waals surface area contributed by atoms with Crippen LogP contribution < -0.4 is 20.1 Å². The van der Waals surface area contributed by atoms with Gasteiger partial charge in [0.05, 0.1) is 19.3 Å². The first-order chi connectivity index (χ1) is 12.0. The lowest BCUT2D eigenvalue weighted by Crippen LogP contribution is -2.35. The minimum atomic E-state index is -0.399. The summed E-state index contributed by atoms with van der Waals surface area (Å²) in [4.78, 5) is 23.7. The quantitative estimate of drug-likeness (QED) is 0.794. The molecule has 0 aliphatic heterocycles. The molecule has 7 heteroatoms. The second-order valence-corrected chi connectivity index (χ2v) is 5.71. The third kappa shape index (κ3) is 6.00. The van der Waals surface area contributed by atoms with Gasteiger partial charge in [-0.3, -0.25) is 9.59 Å². The number of aryl methyl sites for hydroxylation is 1. The number of hydrogen-bond acceptors (Lipinski definition) is 4. The Bertz CT molecular complexity index is 747. The summed E-state index contributed by atoms with van der Waals surface area (Å²) >= 11 is 5.90. The predicted molar refractivity (Wildman–Crippen MR) is 96.3 cm³/mol. The van der Waals surface area contributed by atoms with E-state index < -0.39 is 11.8 Å². The van der Waals surface area contributed by atoms with E-state index in [2.05, 4.69) is 10.6 Å². The molecule has 2 aromatic rings. The van der Waals surface area contributed by atoms with Crippen LogP contribution in [0.1, 0.15) is 5.56 Å². The molecule has 0 unspecified atom stereocenters. The lowest BCUT2D eigenvalue weighted by atomic mass is 10.2. The fourth-order valence-electron chi connectivity index (χ4n) is 1.99. The number of carbonyl (C=O) groups excluding carboxylic acids is 2. The highest BCUT2D eigenvalue weighted by molar-refractivity contribution is 6.31. The van der Waals surface area contributed by atoms with Crippen molar-refractivity contribution in [1.82, 2.24) is 5.32 Å². The van der Waals surface area contributed by atoms with Crippen molar-refractivity contribution in [2.24, 2.45) is 0 Å². The minimum absolute atomic E-state index is 0.170. The lowest BCUT2D eigenvalue weighted by Gasteiger charge is -2.11. The monoisotopic (exact) mass is 362 g/mol. The zero-order valence-electron chi connectivity index (χ0n) is 14.0. The first-order valence-corrected chi connectivity index (χ1v) is 7.95. The Morgan fingerprint density at radius 2 is 1.80 bits per heavy atom. The summed E-state index contributed by atoms with van der Waals surface area (Å²) in [6, 6.07) is 12.2. The van der Waals surface area contributed by atoms with Gasteiger partial charge >= 0.3 is 0 Å². The average molecular weight is 363 g/mol. The first kappa shape index (κ1) is 18.6. The summed E-state index contributed by atoms with van der Waals surface area (Å²) < 4.78 is 10.5. The topological polar surface area (TPSA) is 76.7 Å². The molecule has 0 fully saturated rings. The Kier molecular flexibility index (Phi) is 6.65. The van der Waals surface area contributed by atoms with Crippen LogP contribution in [-0.2, 0) is 9.59 Å². The van der Waals surface area contributed by atoms with Crippen molar-refractivity contribution < 1.29 is 19.1 Å². The van der Waals surface area contributed by atoms with E-state index in [4.69, 9.17) is 21.1 Å². The lowest BCUT2D eigenvalue weighted by molar-refractivity contribution is -0.125. The van der Waals surface area contributed by atoms with Gasteiger partial charge in [0.25, 0.3) is 5.91 Å². The van der Waals surface area contributed by atoms with Crippen LogP contribution in [0.2, 0.25) is 5.02 Å². The van der Waals surface area contributed by atoms with Crippen LogP contribution in [0.15, 0.2) is 42.5 Å². The molecule has 0 saturated carbocycles. The van der Waals surface area contributed by atoms with E-state index >= 15 is 0 Å². The smallest absolute Gasteiger partial charge is 0.258 e. The summed E-state index contributed by atoms with van der Waals surface area (Å²) in [5.74, 6) is 0.277. The number of nitrogens with one attached hydrogen (secondary N) is 2. The average Bonchev–Trinajstić information content (AvgIpc) is 2.59. The molecule has 0 radical (unpaired) electrons. The number of ether oxygens (including phenoxy) is 2. The summed E-state index contributed by atoms with van der Waals surface area (Å²) in [7, 11) is 1.49. The summed E-state index contributed by atoms with van der Waals surface area (Å²) in [6.45, 7) is 1.60.